The Bertz CT molecular complexity index is 548. The van der Waals surface area contributed by atoms with Crippen molar-refractivity contribution in [3.8, 4) is 0 Å². The molecular weight excluding hydrogens is 615 g/mol. The van der Waals surface area contributed by atoms with Gasteiger partial charge in [-0.3, -0.25) is 9.59 Å². The largest absolute Gasteiger partial charge is 0.358 e. The average molecular weight is 634 g/mol. The summed E-state index contributed by atoms with van der Waals surface area (Å²) >= 11 is 4.24. The Hall–Kier alpha value is -0.00610. The first kappa shape index (κ1) is 26.2. The van der Waals surface area contributed by atoms with Crippen molar-refractivity contribution in [2.75, 3.05) is 30.9 Å². The van der Waals surface area contributed by atoms with E-state index in [1.807, 2.05) is 0 Å². The van der Waals surface area contributed by atoms with Crippen LogP contribution in [0.2, 0.25) is 0 Å². The number of halogens is 2. The molecule has 24 heavy (non-hydrogen) atoms. The third kappa shape index (κ3) is 5.77. The first-order valence-electron chi connectivity index (χ1n) is 6.24. The normalized spacial score (nSPS) is 13.4. The summed E-state index contributed by atoms with van der Waals surface area (Å²) in [7, 11) is 4.57. The molecule has 0 unspecified atom stereocenters. The van der Waals surface area contributed by atoms with Gasteiger partial charge in [0.2, 0.25) is 0 Å². The van der Waals surface area contributed by atoms with Gasteiger partial charge in [0, 0.05) is 91.1 Å². The van der Waals surface area contributed by atoms with Crippen molar-refractivity contribution in [2.24, 2.45) is 0 Å². The van der Waals surface area contributed by atoms with E-state index in [0.717, 1.165) is 0 Å². The molecule has 0 bridgehead atoms. The van der Waals surface area contributed by atoms with Crippen molar-refractivity contribution >= 4 is 66.5 Å². The van der Waals surface area contributed by atoms with Crippen LogP contribution in [0.1, 0.15) is 0 Å². The number of anilines is 2. The summed E-state index contributed by atoms with van der Waals surface area (Å²) in [6.07, 6.45) is 0. The second kappa shape index (κ2) is 12.4. The zero-order chi connectivity index (χ0) is 16.9. The number of carbonyl (C=O) groups is 3. The SMILES string of the molecule is CNC(=O)NC1C(=O)N(C)c2ccccc2N(C)C1=O.II.[CH3-].[Y]. The summed E-state index contributed by atoms with van der Waals surface area (Å²) in [4.78, 5) is 38.9. The minimum atomic E-state index is -1.24. The fourth-order valence-electron chi connectivity index (χ4n) is 2.09. The molecule has 0 saturated heterocycles. The first-order valence-corrected chi connectivity index (χ1v) is 12.5. The van der Waals surface area contributed by atoms with Crippen LogP contribution in [0.3, 0.4) is 0 Å². The molecule has 0 atom stereocenters. The maximum Gasteiger partial charge on any atom is 0.315 e. The van der Waals surface area contributed by atoms with E-state index in [4.69, 9.17) is 0 Å². The zero-order valence-electron chi connectivity index (χ0n) is 13.8. The van der Waals surface area contributed by atoms with Gasteiger partial charge in [0.05, 0.1) is 11.4 Å². The molecule has 0 saturated carbocycles. The molecule has 0 aromatic heterocycles. The minimum absolute atomic E-state index is 0. The van der Waals surface area contributed by atoms with E-state index in [0.29, 0.717) is 11.4 Å². The minimum Gasteiger partial charge on any atom is -0.358 e. The number of urea groups is 1. The molecule has 131 valence electrons. The van der Waals surface area contributed by atoms with Gasteiger partial charge in [-0.05, 0) is 12.1 Å². The number of fused-ring (bicyclic) bond motifs is 1. The Labute approximate surface area is 190 Å². The van der Waals surface area contributed by atoms with Crippen molar-refractivity contribution < 1.29 is 47.1 Å². The van der Waals surface area contributed by atoms with Gasteiger partial charge >= 0.3 is 6.03 Å². The van der Waals surface area contributed by atoms with Crippen LogP contribution in [0.5, 0.6) is 0 Å². The molecular formula is C14H19I2N4O3Y-. The smallest absolute Gasteiger partial charge is 0.315 e. The van der Waals surface area contributed by atoms with E-state index in [2.05, 4.69) is 47.9 Å². The maximum absolute atomic E-state index is 12.4. The van der Waals surface area contributed by atoms with Crippen molar-refractivity contribution in [1.29, 1.82) is 0 Å². The third-order valence-corrected chi connectivity index (χ3v) is 3.26. The van der Waals surface area contributed by atoms with Crippen molar-refractivity contribution in [1.82, 2.24) is 10.6 Å². The maximum atomic E-state index is 12.4. The van der Waals surface area contributed by atoms with Gasteiger partial charge in [0.15, 0.2) is 6.04 Å². The van der Waals surface area contributed by atoms with Crippen LogP contribution < -0.4 is 20.4 Å². The summed E-state index contributed by atoms with van der Waals surface area (Å²) in [5.74, 6) is -0.953. The Morgan fingerprint density at radius 1 is 1.04 bits per heavy atom. The number of hydrogen-bond donors (Lipinski definition) is 2. The van der Waals surface area contributed by atoms with Crippen LogP contribution in [0, 0.1) is 7.43 Å². The first-order chi connectivity index (χ1) is 10.5. The molecule has 1 aliphatic heterocycles. The van der Waals surface area contributed by atoms with Gasteiger partial charge in [0.1, 0.15) is 0 Å². The second-order valence-corrected chi connectivity index (χ2v) is 4.44. The van der Waals surface area contributed by atoms with Gasteiger partial charge in [-0.25, -0.2) is 4.79 Å². The topological polar surface area (TPSA) is 81.8 Å². The number of rotatable bonds is 1. The fourth-order valence-corrected chi connectivity index (χ4v) is 2.09. The van der Waals surface area contributed by atoms with Gasteiger partial charge in [0.25, 0.3) is 11.8 Å². The number of nitrogens with zero attached hydrogens (tertiary/aromatic N) is 2. The molecule has 1 radical (unpaired) electrons. The molecule has 1 aromatic rings. The summed E-state index contributed by atoms with van der Waals surface area (Å²) in [6, 6.07) is 5.25. The number of amides is 4. The summed E-state index contributed by atoms with van der Waals surface area (Å²) in [5, 5.41) is 4.70. The number of likely N-dealkylation sites (N-methyl/N-ethyl adjacent to an activating group) is 2. The summed E-state index contributed by atoms with van der Waals surface area (Å²) in [6.45, 7) is 0. The Balaban J connectivity index is 0. The van der Waals surface area contributed by atoms with E-state index < -0.39 is 23.9 Å². The van der Waals surface area contributed by atoms with Crippen LogP contribution >= 0.6 is 37.2 Å². The molecule has 2 N–H and O–H groups in total. The summed E-state index contributed by atoms with van der Waals surface area (Å²) < 4.78 is 0. The molecule has 1 aliphatic rings. The molecule has 1 aromatic carbocycles. The van der Waals surface area contributed by atoms with Crippen LogP contribution in [0.25, 0.3) is 0 Å². The molecule has 1 heterocycles. The number of carbonyl (C=O) groups excluding carboxylic acids is 3. The predicted octanol–water partition coefficient (Wildman–Crippen LogP) is 2.14. The van der Waals surface area contributed by atoms with E-state index >= 15 is 0 Å². The second-order valence-electron chi connectivity index (χ2n) is 4.44. The Kier molecular flexibility index (Phi) is 13.5. The van der Waals surface area contributed by atoms with Crippen LogP contribution in [-0.4, -0.2) is 45.0 Å². The van der Waals surface area contributed by atoms with Crippen LogP contribution in [0.4, 0.5) is 16.2 Å². The van der Waals surface area contributed by atoms with Crippen molar-refractivity contribution in [3.05, 3.63) is 31.7 Å². The molecule has 7 nitrogen and oxygen atoms in total. The molecule has 0 spiro atoms. The van der Waals surface area contributed by atoms with E-state index in [1.165, 1.54) is 16.8 Å². The molecule has 10 heteroatoms. The number of hydrogen-bond acceptors (Lipinski definition) is 3. The predicted molar refractivity (Wildman–Crippen MR) is 109 cm³/mol. The molecule has 4 amide bonds. The van der Waals surface area contributed by atoms with E-state index in [1.54, 1.807) is 38.4 Å². The van der Waals surface area contributed by atoms with E-state index in [9.17, 15) is 14.4 Å². The number of para-hydroxylation sites is 2. The van der Waals surface area contributed by atoms with Crippen LogP contribution in [0.15, 0.2) is 24.3 Å². The molecule has 0 fully saturated rings. The average Bonchev–Trinajstić information content (AvgIpc) is 2.63. The molecule has 0 aliphatic carbocycles. The zero-order valence-corrected chi connectivity index (χ0v) is 21.0. The summed E-state index contributed by atoms with van der Waals surface area (Å²) in [5.41, 5.74) is 1.24. The fraction of sp³-hybridized carbons (Fsp3) is 0.286. The van der Waals surface area contributed by atoms with E-state index in [-0.39, 0.29) is 40.1 Å². The van der Waals surface area contributed by atoms with Gasteiger partial charge in [-0.2, -0.15) is 0 Å². The van der Waals surface area contributed by atoms with Gasteiger partial charge < -0.3 is 27.9 Å². The number of benzene rings is 1. The van der Waals surface area contributed by atoms with Crippen molar-refractivity contribution in [3.63, 3.8) is 0 Å². The monoisotopic (exact) mass is 634 g/mol. The van der Waals surface area contributed by atoms with Gasteiger partial charge in [-0.15, -0.1) is 0 Å². The molecule has 2 rings (SSSR count). The number of nitrogens with one attached hydrogen (secondary N) is 2. The quantitative estimate of drug-likeness (QED) is 0.283. The standard InChI is InChI=1S/C13H16N4O3.CH3.I2.Y/c1-14-13(20)15-10-11(18)16(2)8-6-4-5-7-9(8)17(3)12(10)19;;1-2;/h4-7,10H,1-3H3,(H2,14,15,20);1H3;;/q;-1;;. The Morgan fingerprint density at radius 3 is 1.75 bits per heavy atom. The van der Waals surface area contributed by atoms with Gasteiger partial charge in [-0.1, -0.05) is 12.1 Å². The van der Waals surface area contributed by atoms with Crippen LogP contribution in [-0.2, 0) is 42.3 Å². The third-order valence-electron chi connectivity index (χ3n) is 3.26. The van der Waals surface area contributed by atoms with Crippen molar-refractivity contribution in [2.45, 2.75) is 6.04 Å². The Morgan fingerprint density at radius 2 is 1.42 bits per heavy atom.